The van der Waals surface area contributed by atoms with E-state index in [4.69, 9.17) is 0 Å². The quantitative estimate of drug-likeness (QED) is 0.735. The molecule has 0 spiro atoms. The minimum absolute atomic E-state index is 0.110. The number of carbonyl (C=O) groups is 1. The van der Waals surface area contributed by atoms with E-state index in [2.05, 4.69) is 4.98 Å². The van der Waals surface area contributed by atoms with Crippen molar-refractivity contribution in [3.63, 3.8) is 0 Å². The van der Waals surface area contributed by atoms with E-state index in [9.17, 15) is 14.0 Å². The third-order valence-corrected chi connectivity index (χ3v) is 3.79. The lowest BCUT2D eigenvalue weighted by atomic mass is 9.94. The highest BCUT2D eigenvalue weighted by Crippen LogP contribution is 2.35. The largest absolute Gasteiger partial charge is 0.290 e. The van der Waals surface area contributed by atoms with Gasteiger partial charge in [0.15, 0.2) is 5.82 Å². The number of fused-ring (bicyclic) bond motifs is 4. The van der Waals surface area contributed by atoms with Crippen molar-refractivity contribution in [2.75, 3.05) is 0 Å². The number of ketones is 1. The molecule has 0 saturated carbocycles. The van der Waals surface area contributed by atoms with Gasteiger partial charge < -0.3 is 0 Å². The third kappa shape index (κ3) is 1.32. The Morgan fingerprint density at radius 3 is 2.85 bits per heavy atom. The zero-order valence-corrected chi connectivity index (χ0v) is 10.3. The molecule has 4 rings (SSSR count). The van der Waals surface area contributed by atoms with Gasteiger partial charge in [0.2, 0.25) is 5.78 Å². The number of nitrogens with zero attached hydrogens (tertiary/aromatic N) is 2. The van der Waals surface area contributed by atoms with Gasteiger partial charge in [-0.05, 0) is 24.3 Å². The average molecular weight is 268 g/mol. The van der Waals surface area contributed by atoms with Crippen LogP contribution >= 0.6 is 0 Å². The Balaban J connectivity index is 2.07. The summed E-state index contributed by atoms with van der Waals surface area (Å²) in [5.74, 6) is -1.32. The molecule has 2 unspecified atom stereocenters. The highest BCUT2D eigenvalue weighted by molar-refractivity contribution is 6.00. The number of allylic oxidation sites excluding steroid dienone is 4. The van der Waals surface area contributed by atoms with Gasteiger partial charge in [-0.25, -0.2) is 9.37 Å². The lowest BCUT2D eigenvalue weighted by Crippen LogP contribution is -2.25. The van der Waals surface area contributed by atoms with Crippen LogP contribution in [0.4, 0.5) is 4.39 Å². The smallest absolute Gasteiger partial charge is 0.262 e. The molecule has 2 heterocycles. The fourth-order valence-electron chi connectivity index (χ4n) is 2.86. The molecule has 0 fully saturated rings. The van der Waals surface area contributed by atoms with Crippen molar-refractivity contribution < 1.29 is 9.18 Å². The van der Waals surface area contributed by atoms with Crippen LogP contribution in [0, 0.1) is 5.92 Å². The molecule has 2 aliphatic rings. The molecule has 2 atom stereocenters. The first-order valence-electron chi connectivity index (χ1n) is 6.28. The van der Waals surface area contributed by atoms with Gasteiger partial charge in [-0.15, -0.1) is 0 Å². The molecule has 1 aromatic heterocycles. The maximum Gasteiger partial charge on any atom is 0.262 e. The summed E-state index contributed by atoms with van der Waals surface area (Å²) in [4.78, 5) is 29.1. The Morgan fingerprint density at radius 2 is 2.00 bits per heavy atom. The fraction of sp³-hybridized carbons (Fsp3) is 0.133. The van der Waals surface area contributed by atoms with Gasteiger partial charge in [-0.1, -0.05) is 18.2 Å². The van der Waals surface area contributed by atoms with Gasteiger partial charge in [0.05, 0.1) is 22.9 Å². The van der Waals surface area contributed by atoms with E-state index in [0.29, 0.717) is 10.9 Å². The second-order valence-corrected chi connectivity index (χ2v) is 4.92. The summed E-state index contributed by atoms with van der Waals surface area (Å²) in [6, 6.07) is 6.42. The summed E-state index contributed by atoms with van der Waals surface area (Å²) in [5, 5.41) is 0.466. The molecular formula is C15H9FN2O2. The number of aromatic nitrogens is 2. The summed E-state index contributed by atoms with van der Waals surface area (Å²) in [7, 11) is 0. The van der Waals surface area contributed by atoms with Crippen LogP contribution in [-0.4, -0.2) is 15.3 Å². The Morgan fingerprint density at radius 1 is 1.20 bits per heavy atom. The van der Waals surface area contributed by atoms with Crippen LogP contribution in [0.3, 0.4) is 0 Å². The van der Waals surface area contributed by atoms with Gasteiger partial charge in [0.25, 0.3) is 5.56 Å². The van der Waals surface area contributed by atoms with Crippen molar-refractivity contribution >= 4 is 16.7 Å². The molecule has 0 N–H and O–H groups in total. The lowest BCUT2D eigenvalue weighted by Gasteiger charge is -2.16. The maximum atomic E-state index is 13.3. The van der Waals surface area contributed by atoms with E-state index >= 15 is 0 Å². The zero-order chi connectivity index (χ0) is 13.9. The summed E-state index contributed by atoms with van der Waals surface area (Å²) in [6.45, 7) is 0. The molecule has 1 aliphatic carbocycles. The molecule has 5 heteroatoms. The molecule has 0 saturated heterocycles. The molecule has 0 amide bonds. The van der Waals surface area contributed by atoms with Crippen molar-refractivity contribution in [3.05, 3.63) is 64.5 Å². The number of para-hydroxylation sites is 1. The average Bonchev–Trinajstić information content (AvgIpc) is 2.73. The minimum Gasteiger partial charge on any atom is -0.290 e. The first-order valence-corrected chi connectivity index (χ1v) is 6.28. The van der Waals surface area contributed by atoms with Crippen LogP contribution in [0.25, 0.3) is 10.9 Å². The Hall–Kier alpha value is -2.56. The number of halogens is 1. The number of carbonyl (C=O) groups excluding carboxylic acids is 1. The first kappa shape index (κ1) is 11.3. The van der Waals surface area contributed by atoms with Gasteiger partial charge in [0.1, 0.15) is 5.83 Å². The Labute approximate surface area is 112 Å². The molecular weight excluding hydrogens is 259 g/mol. The van der Waals surface area contributed by atoms with Crippen LogP contribution in [0.5, 0.6) is 0 Å². The van der Waals surface area contributed by atoms with Gasteiger partial charge in [-0.3, -0.25) is 14.2 Å². The molecule has 20 heavy (non-hydrogen) atoms. The van der Waals surface area contributed by atoms with Gasteiger partial charge in [-0.2, -0.15) is 0 Å². The minimum atomic E-state index is -0.669. The molecule has 0 bridgehead atoms. The zero-order valence-electron chi connectivity index (χ0n) is 10.3. The second-order valence-electron chi connectivity index (χ2n) is 4.92. The number of rotatable bonds is 0. The Kier molecular flexibility index (Phi) is 2.10. The number of hydrogen-bond acceptors (Lipinski definition) is 3. The van der Waals surface area contributed by atoms with Crippen LogP contribution in [0.1, 0.15) is 16.7 Å². The van der Waals surface area contributed by atoms with Gasteiger partial charge >= 0.3 is 0 Å². The molecule has 4 nitrogen and oxygen atoms in total. The molecule has 2 aromatic rings. The normalized spacial score (nSPS) is 23.6. The SMILES string of the molecule is O=C1c2nc3ccccc3c(=O)n2C2C=CC(F)=CC12. The highest BCUT2D eigenvalue weighted by atomic mass is 19.1. The second kappa shape index (κ2) is 3.72. The van der Waals surface area contributed by atoms with E-state index < -0.39 is 17.8 Å². The van der Waals surface area contributed by atoms with Crippen LogP contribution < -0.4 is 5.56 Å². The van der Waals surface area contributed by atoms with Crippen molar-refractivity contribution in [2.45, 2.75) is 6.04 Å². The third-order valence-electron chi connectivity index (χ3n) is 3.79. The summed E-state index contributed by atoms with van der Waals surface area (Å²) in [6.07, 6.45) is 4.09. The summed E-state index contributed by atoms with van der Waals surface area (Å²) in [5.41, 5.74) is 0.232. The molecule has 1 aliphatic heterocycles. The number of Topliss-reactive ketones (excluding diaryl/α,β-unsaturated/α-hetero) is 1. The fourth-order valence-corrected chi connectivity index (χ4v) is 2.86. The van der Waals surface area contributed by atoms with Crippen molar-refractivity contribution in [2.24, 2.45) is 5.92 Å². The summed E-state index contributed by atoms with van der Waals surface area (Å²) >= 11 is 0. The van der Waals surface area contributed by atoms with Crippen molar-refractivity contribution in [1.29, 1.82) is 0 Å². The van der Waals surface area contributed by atoms with E-state index in [0.717, 1.165) is 0 Å². The van der Waals surface area contributed by atoms with Gasteiger partial charge in [0, 0.05) is 0 Å². The molecule has 0 radical (unpaired) electrons. The van der Waals surface area contributed by atoms with Crippen molar-refractivity contribution in [3.8, 4) is 0 Å². The predicted octanol–water partition coefficient (Wildman–Crippen LogP) is 2.17. The van der Waals surface area contributed by atoms with Crippen LogP contribution in [-0.2, 0) is 0 Å². The van der Waals surface area contributed by atoms with Crippen LogP contribution in [0.2, 0.25) is 0 Å². The topological polar surface area (TPSA) is 52.0 Å². The van der Waals surface area contributed by atoms with Crippen LogP contribution in [0.15, 0.2) is 53.1 Å². The first-order chi connectivity index (χ1) is 9.66. The maximum absolute atomic E-state index is 13.3. The monoisotopic (exact) mass is 268 g/mol. The number of benzene rings is 1. The number of hydrogen-bond donors (Lipinski definition) is 0. The van der Waals surface area contributed by atoms with E-state index in [1.165, 1.54) is 16.7 Å². The predicted molar refractivity (Wildman–Crippen MR) is 71.2 cm³/mol. The van der Waals surface area contributed by atoms with E-state index in [1.54, 1.807) is 30.3 Å². The van der Waals surface area contributed by atoms with Crippen molar-refractivity contribution in [1.82, 2.24) is 9.55 Å². The lowest BCUT2D eigenvalue weighted by molar-refractivity contribution is 0.0949. The molecule has 98 valence electrons. The summed E-state index contributed by atoms with van der Waals surface area (Å²) < 4.78 is 14.7. The Bertz CT molecular complexity index is 879. The molecule has 1 aromatic carbocycles. The van der Waals surface area contributed by atoms with E-state index in [1.807, 2.05) is 0 Å². The van der Waals surface area contributed by atoms with E-state index in [-0.39, 0.29) is 17.2 Å². The highest BCUT2D eigenvalue weighted by Gasteiger charge is 2.41. The standard InChI is InChI=1S/C15H9FN2O2/c16-8-5-6-12-10(7-8)13(19)14-17-11-4-2-1-3-9(11)15(20)18(12)14/h1-7,10,12H.